The Labute approximate surface area is 119 Å². The summed E-state index contributed by atoms with van der Waals surface area (Å²) in [5.74, 6) is -0.183. The van der Waals surface area contributed by atoms with E-state index in [0.717, 1.165) is 38.3 Å². The van der Waals surface area contributed by atoms with Gasteiger partial charge in [0.2, 0.25) is 5.76 Å². The number of furan rings is 1. The Morgan fingerprint density at radius 2 is 2.45 bits per heavy atom. The summed E-state index contributed by atoms with van der Waals surface area (Å²) in [6, 6.07) is 1.78. The van der Waals surface area contributed by atoms with Crippen LogP contribution in [0.15, 0.2) is 16.7 Å². The summed E-state index contributed by atoms with van der Waals surface area (Å²) in [7, 11) is 1.34. The highest BCUT2D eigenvalue weighted by Gasteiger charge is 2.20. The van der Waals surface area contributed by atoms with Crippen LogP contribution < -0.4 is 5.32 Å². The Morgan fingerprint density at radius 1 is 1.60 bits per heavy atom. The summed E-state index contributed by atoms with van der Waals surface area (Å²) >= 11 is 0. The Hall–Kier alpha value is -1.37. The molecule has 0 saturated carbocycles. The summed E-state index contributed by atoms with van der Waals surface area (Å²) in [6.45, 7) is 7.24. The SMILES string of the molecule is CCN1CCOC(CNCc2ccoc2C(=O)OC)C1. The van der Waals surface area contributed by atoms with Crippen molar-refractivity contribution in [3.05, 3.63) is 23.7 Å². The molecule has 0 bridgehead atoms. The second-order valence-electron chi connectivity index (χ2n) is 4.78. The van der Waals surface area contributed by atoms with Crippen LogP contribution in [0.3, 0.4) is 0 Å². The van der Waals surface area contributed by atoms with Gasteiger partial charge in [0.25, 0.3) is 0 Å². The zero-order valence-electron chi connectivity index (χ0n) is 12.1. The minimum Gasteiger partial charge on any atom is -0.463 e. The molecule has 112 valence electrons. The van der Waals surface area contributed by atoms with Crippen molar-refractivity contribution in [2.24, 2.45) is 0 Å². The fourth-order valence-corrected chi connectivity index (χ4v) is 2.31. The monoisotopic (exact) mass is 282 g/mol. The van der Waals surface area contributed by atoms with E-state index in [1.807, 2.05) is 0 Å². The lowest BCUT2D eigenvalue weighted by atomic mass is 10.2. The normalized spacial score (nSPS) is 20.0. The van der Waals surface area contributed by atoms with E-state index < -0.39 is 5.97 Å². The zero-order valence-corrected chi connectivity index (χ0v) is 12.1. The average molecular weight is 282 g/mol. The number of rotatable bonds is 6. The molecule has 0 amide bonds. The van der Waals surface area contributed by atoms with Crippen molar-refractivity contribution in [1.82, 2.24) is 10.2 Å². The van der Waals surface area contributed by atoms with Gasteiger partial charge in [-0.2, -0.15) is 0 Å². The molecule has 1 aliphatic heterocycles. The first-order chi connectivity index (χ1) is 9.74. The largest absolute Gasteiger partial charge is 0.463 e. The molecule has 1 saturated heterocycles. The van der Waals surface area contributed by atoms with Crippen molar-refractivity contribution in [3.63, 3.8) is 0 Å². The van der Waals surface area contributed by atoms with Crippen molar-refractivity contribution in [2.75, 3.05) is 39.9 Å². The molecule has 2 rings (SSSR count). The molecule has 20 heavy (non-hydrogen) atoms. The zero-order chi connectivity index (χ0) is 14.4. The predicted molar refractivity (Wildman–Crippen MR) is 73.6 cm³/mol. The van der Waals surface area contributed by atoms with Crippen molar-refractivity contribution in [2.45, 2.75) is 19.6 Å². The van der Waals surface area contributed by atoms with Gasteiger partial charge in [0, 0.05) is 31.7 Å². The van der Waals surface area contributed by atoms with Crippen LogP contribution in [0.25, 0.3) is 0 Å². The molecule has 0 aliphatic carbocycles. The van der Waals surface area contributed by atoms with E-state index in [0.29, 0.717) is 6.54 Å². The van der Waals surface area contributed by atoms with Gasteiger partial charge in [-0.15, -0.1) is 0 Å². The number of likely N-dealkylation sites (N-methyl/N-ethyl adjacent to an activating group) is 1. The highest BCUT2D eigenvalue weighted by atomic mass is 16.5. The molecule has 6 nitrogen and oxygen atoms in total. The lowest BCUT2D eigenvalue weighted by molar-refractivity contribution is -0.0253. The second kappa shape index (κ2) is 7.42. The predicted octanol–water partition coefficient (Wildman–Crippen LogP) is 0.876. The third-order valence-electron chi connectivity index (χ3n) is 3.48. The average Bonchev–Trinajstić information content (AvgIpc) is 2.95. The van der Waals surface area contributed by atoms with E-state index in [4.69, 9.17) is 9.15 Å². The number of methoxy groups -OCH3 is 1. The van der Waals surface area contributed by atoms with Crippen molar-refractivity contribution < 1.29 is 18.7 Å². The number of carbonyl (C=O) groups excluding carboxylic acids is 1. The van der Waals surface area contributed by atoms with Gasteiger partial charge in [0.05, 0.1) is 26.1 Å². The third kappa shape index (κ3) is 3.82. The molecule has 1 unspecified atom stereocenters. The highest BCUT2D eigenvalue weighted by Crippen LogP contribution is 2.12. The van der Waals surface area contributed by atoms with Gasteiger partial charge in [-0.3, -0.25) is 4.90 Å². The van der Waals surface area contributed by atoms with E-state index >= 15 is 0 Å². The smallest absolute Gasteiger partial charge is 0.374 e. The van der Waals surface area contributed by atoms with Crippen molar-refractivity contribution in [3.8, 4) is 0 Å². The number of hydrogen-bond donors (Lipinski definition) is 1. The molecule has 1 aliphatic rings. The lowest BCUT2D eigenvalue weighted by Crippen LogP contribution is -2.46. The van der Waals surface area contributed by atoms with Crippen LogP contribution in [0.5, 0.6) is 0 Å². The van der Waals surface area contributed by atoms with Crippen LogP contribution in [0.4, 0.5) is 0 Å². The maximum absolute atomic E-state index is 11.5. The molecule has 1 aromatic rings. The van der Waals surface area contributed by atoms with Gasteiger partial charge in [-0.05, 0) is 12.6 Å². The standard InChI is InChI=1S/C14H22N2O4/c1-3-16-5-7-19-12(10-16)9-15-8-11-4-6-20-13(11)14(17)18-2/h4,6,12,15H,3,5,7-10H2,1-2H3. The molecule has 1 N–H and O–H groups in total. The lowest BCUT2D eigenvalue weighted by Gasteiger charge is -2.32. The minimum atomic E-state index is -0.446. The molecule has 6 heteroatoms. The van der Waals surface area contributed by atoms with Gasteiger partial charge in [-0.25, -0.2) is 4.79 Å². The summed E-state index contributed by atoms with van der Waals surface area (Å²) in [4.78, 5) is 13.8. The molecule has 2 heterocycles. The summed E-state index contributed by atoms with van der Waals surface area (Å²) in [5, 5.41) is 3.30. The summed E-state index contributed by atoms with van der Waals surface area (Å²) in [5.41, 5.74) is 0.806. The molecule has 1 atom stereocenters. The number of nitrogens with zero attached hydrogens (tertiary/aromatic N) is 1. The Bertz CT molecular complexity index is 433. The fourth-order valence-electron chi connectivity index (χ4n) is 2.31. The molecule has 1 fully saturated rings. The van der Waals surface area contributed by atoms with E-state index in [2.05, 4.69) is 21.9 Å². The van der Waals surface area contributed by atoms with Crippen molar-refractivity contribution >= 4 is 5.97 Å². The molecule has 0 radical (unpaired) electrons. The Balaban J connectivity index is 1.78. The number of carbonyl (C=O) groups is 1. The number of morpholine rings is 1. The minimum absolute atomic E-state index is 0.192. The molecule has 1 aromatic heterocycles. The first kappa shape index (κ1) is 15.0. The summed E-state index contributed by atoms with van der Waals surface area (Å²) < 4.78 is 15.5. The van der Waals surface area contributed by atoms with Crippen LogP contribution >= 0.6 is 0 Å². The maximum Gasteiger partial charge on any atom is 0.374 e. The third-order valence-corrected chi connectivity index (χ3v) is 3.48. The molecular weight excluding hydrogens is 260 g/mol. The van der Waals surface area contributed by atoms with E-state index in [1.54, 1.807) is 6.07 Å². The van der Waals surface area contributed by atoms with Crippen LogP contribution in [0.1, 0.15) is 23.0 Å². The van der Waals surface area contributed by atoms with Crippen molar-refractivity contribution in [1.29, 1.82) is 0 Å². The van der Waals surface area contributed by atoms with Crippen LogP contribution in [0.2, 0.25) is 0 Å². The number of esters is 1. The Morgan fingerprint density at radius 3 is 3.20 bits per heavy atom. The Kier molecular flexibility index (Phi) is 5.58. The van der Waals surface area contributed by atoms with Gasteiger partial charge in [0.15, 0.2) is 0 Å². The fraction of sp³-hybridized carbons (Fsp3) is 0.643. The van der Waals surface area contributed by atoms with Gasteiger partial charge < -0.3 is 19.2 Å². The molecule has 0 aromatic carbocycles. The number of hydrogen-bond acceptors (Lipinski definition) is 6. The maximum atomic E-state index is 11.5. The highest BCUT2D eigenvalue weighted by molar-refractivity contribution is 5.87. The first-order valence-corrected chi connectivity index (χ1v) is 6.94. The van der Waals surface area contributed by atoms with E-state index in [9.17, 15) is 4.79 Å². The summed E-state index contributed by atoms with van der Waals surface area (Å²) in [6.07, 6.45) is 1.69. The van der Waals surface area contributed by atoms with E-state index in [1.165, 1.54) is 13.4 Å². The first-order valence-electron chi connectivity index (χ1n) is 6.94. The molecule has 0 spiro atoms. The van der Waals surface area contributed by atoms with Crippen LogP contribution in [0, 0.1) is 0 Å². The number of ether oxygens (including phenoxy) is 2. The van der Waals surface area contributed by atoms with Crippen LogP contribution in [-0.4, -0.2) is 56.9 Å². The van der Waals surface area contributed by atoms with E-state index in [-0.39, 0.29) is 11.9 Å². The van der Waals surface area contributed by atoms with Gasteiger partial charge >= 0.3 is 5.97 Å². The topological polar surface area (TPSA) is 63.9 Å². The molecular formula is C14H22N2O4. The van der Waals surface area contributed by atoms with Crippen LogP contribution in [-0.2, 0) is 16.0 Å². The second-order valence-corrected chi connectivity index (χ2v) is 4.78. The van der Waals surface area contributed by atoms with Gasteiger partial charge in [-0.1, -0.05) is 6.92 Å². The van der Waals surface area contributed by atoms with Gasteiger partial charge in [0.1, 0.15) is 0 Å². The quantitative estimate of drug-likeness (QED) is 0.781. The number of nitrogens with one attached hydrogen (secondary N) is 1.